The van der Waals surface area contributed by atoms with Crippen LogP contribution >= 0.6 is 0 Å². The largest absolute Gasteiger partial charge is 0.493 e. The Hall–Kier alpha value is -2.14. The summed E-state index contributed by atoms with van der Waals surface area (Å²) in [5.41, 5.74) is 0.894. The molecular weight excluding hydrogens is 246 g/mol. The molecule has 2 rings (SSSR count). The van der Waals surface area contributed by atoms with E-state index in [1.165, 1.54) is 0 Å². The molecule has 5 heteroatoms. The number of benzene rings is 1. The van der Waals surface area contributed by atoms with Gasteiger partial charge in [0.1, 0.15) is 12.4 Å². The Bertz CT molecular complexity index is 496. The van der Waals surface area contributed by atoms with Crippen molar-refractivity contribution in [2.24, 2.45) is 0 Å². The predicted molar refractivity (Wildman–Crippen MR) is 71.6 cm³/mol. The van der Waals surface area contributed by atoms with Crippen molar-refractivity contribution < 1.29 is 19.0 Å². The number of furan rings is 1. The van der Waals surface area contributed by atoms with E-state index in [1.54, 1.807) is 13.4 Å². The van der Waals surface area contributed by atoms with Crippen LogP contribution in [0.2, 0.25) is 0 Å². The standard InChI is InChI=1S/C14H17NO4/c1-17-13-5-4-11(9-14(13)19-8-6-16)15-10-12-3-2-7-18-12/h2-5,7,9,15-16H,6,8,10H2,1H3. The molecule has 2 N–H and O–H groups in total. The summed E-state index contributed by atoms with van der Waals surface area (Å²) >= 11 is 0. The van der Waals surface area contributed by atoms with E-state index in [2.05, 4.69) is 5.32 Å². The van der Waals surface area contributed by atoms with E-state index in [0.717, 1.165) is 11.4 Å². The maximum atomic E-state index is 8.80. The van der Waals surface area contributed by atoms with Crippen LogP contribution in [0.5, 0.6) is 11.5 Å². The van der Waals surface area contributed by atoms with Crippen molar-refractivity contribution in [3.05, 3.63) is 42.4 Å². The number of ether oxygens (including phenoxy) is 2. The van der Waals surface area contributed by atoms with Crippen molar-refractivity contribution in [1.29, 1.82) is 0 Å². The van der Waals surface area contributed by atoms with Gasteiger partial charge in [-0.1, -0.05) is 0 Å². The summed E-state index contributed by atoms with van der Waals surface area (Å²) in [6.07, 6.45) is 1.64. The van der Waals surface area contributed by atoms with Gasteiger partial charge in [0.25, 0.3) is 0 Å². The van der Waals surface area contributed by atoms with Gasteiger partial charge in [0.05, 0.1) is 26.5 Å². The Morgan fingerprint density at radius 2 is 2.16 bits per heavy atom. The van der Waals surface area contributed by atoms with Gasteiger partial charge in [0, 0.05) is 11.8 Å². The Labute approximate surface area is 111 Å². The smallest absolute Gasteiger partial charge is 0.163 e. The fourth-order valence-corrected chi connectivity index (χ4v) is 1.66. The Kier molecular flexibility index (Phi) is 4.69. The summed E-state index contributed by atoms with van der Waals surface area (Å²) in [6.45, 7) is 0.796. The van der Waals surface area contributed by atoms with Gasteiger partial charge in [0.15, 0.2) is 11.5 Å². The van der Waals surface area contributed by atoms with Crippen molar-refractivity contribution in [3.8, 4) is 11.5 Å². The molecule has 1 aromatic heterocycles. The van der Waals surface area contributed by atoms with Crippen LogP contribution < -0.4 is 14.8 Å². The molecular formula is C14H17NO4. The molecule has 102 valence electrons. The zero-order valence-corrected chi connectivity index (χ0v) is 10.8. The third-order valence-corrected chi connectivity index (χ3v) is 2.56. The Balaban J connectivity index is 2.04. The maximum absolute atomic E-state index is 8.80. The van der Waals surface area contributed by atoms with Crippen LogP contribution in [0.15, 0.2) is 41.0 Å². The number of methoxy groups -OCH3 is 1. The fourth-order valence-electron chi connectivity index (χ4n) is 1.66. The van der Waals surface area contributed by atoms with E-state index in [4.69, 9.17) is 19.0 Å². The average molecular weight is 263 g/mol. The van der Waals surface area contributed by atoms with Crippen LogP contribution in [0.3, 0.4) is 0 Å². The van der Waals surface area contributed by atoms with Crippen LogP contribution in [0.25, 0.3) is 0 Å². The zero-order valence-electron chi connectivity index (χ0n) is 10.8. The number of nitrogens with one attached hydrogen (secondary N) is 1. The van der Waals surface area contributed by atoms with Gasteiger partial charge in [-0.2, -0.15) is 0 Å². The van der Waals surface area contributed by atoms with E-state index in [1.807, 2.05) is 30.3 Å². The molecule has 1 heterocycles. The molecule has 0 aliphatic carbocycles. The molecule has 0 radical (unpaired) electrons. The van der Waals surface area contributed by atoms with Crippen LogP contribution in [-0.2, 0) is 6.54 Å². The molecule has 0 saturated heterocycles. The summed E-state index contributed by atoms with van der Waals surface area (Å²) in [4.78, 5) is 0. The van der Waals surface area contributed by atoms with Gasteiger partial charge in [-0.05, 0) is 24.3 Å². The van der Waals surface area contributed by atoms with E-state index < -0.39 is 0 Å². The lowest BCUT2D eigenvalue weighted by Gasteiger charge is -2.12. The molecule has 2 aromatic rings. The molecule has 0 atom stereocenters. The van der Waals surface area contributed by atoms with Gasteiger partial charge in [0.2, 0.25) is 0 Å². The lowest BCUT2D eigenvalue weighted by Crippen LogP contribution is -2.04. The normalized spacial score (nSPS) is 10.2. The highest BCUT2D eigenvalue weighted by atomic mass is 16.5. The van der Waals surface area contributed by atoms with E-state index in [0.29, 0.717) is 18.0 Å². The number of hydrogen-bond acceptors (Lipinski definition) is 5. The summed E-state index contributed by atoms with van der Waals surface area (Å²) < 4.78 is 15.9. The second-order valence-corrected chi connectivity index (χ2v) is 3.87. The minimum absolute atomic E-state index is 0.0345. The second kappa shape index (κ2) is 6.70. The first kappa shape index (κ1) is 13.3. The Morgan fingerprint density at radius 1 is 1.26 bits per heavy atom. The van der Waals surface area contributed by atoms with Gasteiger partial charge >= 0.3 is 0 Å². The SMILES string of the molecule is COc1ccc(NCc2ccco2)cc1OCCO. The van der Waals surface area contributed by atoms with E-state index in [-0.39, 0.29) is 13.2 Å². The van der Waals surface area contributed by atoms with E-state index in [9.17, 15) is 0 Å². The number of rotatable bonds is 7. The fraction of sp³-hybridized carbons (Fsp3) is 0.286. The van der Waals surface area contributed by atoms with Crippen LogP contribution in [0.1, 0.15) is 5.76 Å². The molecule has 0 fully saturated rings. The lowest BCUT2D eigenvalue weighted by atomic mass is 10.2. The number of hydrogen-bond donors (Lipinski definition) is 2. The Morgan fingerprint density at radius 3 is 2.84 bits per heavy atom. The maximum Gasteiger partial charge on any atom is 0.163 e. The van der Waals surface area contributed by atoms with Crippen molar-refractivity contribution in [1.82, 2.24) is 0 Å². The first-order valence-electron chi connectivity index (χ1n) is 6.01. The average Bonchev–Trinajstić information content (AvgIpc) is 2.96. The van der Waals surface area contributed by atoms with Crippen LogP contribution in [0.4, 0.5) is 5.69 Å². The lowest BCUT2D eigenvalue weighted by molar-refractivity contribution is 0.196. The number of aliphatic hydroxyl groups excluding tert-OH is 1. The summed E-state index contributed by atoms with van der Waals surface area (Å²) in [6, 6.07) is 9.29. The molecule has 0 aliphatic rings. The summed E-state index contributed by atoms with van der Waals surface area (Å²) in [7, 11) is 1.58. The van der Waals surface area contributed by atoms with Gasteiger partial charge < -0.3 is 24.3 Å². The van der Waals surface area contributed by atoms with Crippen molar-refractivity contribution in [3.63, 3.8) is 0 Å². The highest BCUT2D eigenvalue weighted by Gasteiger charge is 2.06. The summed E-state index contributed by atoms with van der Waals surface area (Å²) in [5.74, 6) is 2.09. The molecule has 19 heavy (non-hydrogen) atoms. The molecule has 0 aliphatic heterocycles. The minimum Gasteiger partial charge on any atom is -0.493 e. The minimum atomic E-state index is -0.0345. The van der Waals surface area contributed by atoms with Gasteiger partial charge in [-0.15, -0.1) is 0 Å². The first-order valence-corrected chi connectivity index (χ1v) is 6.01. The van der Waals surface area contributed by atoms with Crippen molar-refractivity contribution in [2.75, 3.05) is 25.6 Å². The molecule has 5 nitrogen and oxygen atoms in total. The quantitative estimate of drug-likeness (QED) is 0.802. The molecule has 0 saturated carbocycles. The topological polar surface area (TPSA) is 63.9 Å². The number of anilines is 1. The van der Waals surface area contributed by atoms with Crippen molar-refractivity contribution in [2.45, 2.75) is 6.54 Å². The molecule has 0 bridgehead atoms. The predicted octanol–water partition coefficient (Wildman–Crippen LogP) is 2.27. The molecule has 0 amide bonds. The van der Waals surface area contributed by atoms with Crippen LogP contribution in [0, 0.1) is 0 Å². The second-order valence-electron chi connectivity index (χ2n) is 3.87. The number of aliphatic hydroxyl groups is 1. The van der Waals surface area contributed by atoms with Crippen LogP contribution in [-0.4, -0.2) is 25.4 Å². The third-order valence-electron chi connectivity index (χ3n) is 2.56. The highest BCUT2D eigenvalue weighted by molar-refractivity contribution is 5.54. The highest BCUT2D eigenvalue weighted by Crippen LogP contribution is 2.30. The molecule has 0 unspecified atom stereocenters. The van der Waals surface area contributed by atoms with Crippen molar-refractivity contribution >= 4 is 5.69 Å². The summed E-state index contributed by atoms with van der Waals surface area (Å²) in [5, 5.41) is 12.0. The first-order chi connectivity index (χ1) is 9.33. The van der Waals surface area contributed by atoms with E-state index >= 15 is 0 Å². The molecule has 1 aromatic carbocycles. The monoisotopic (exact) mass is 263 g/mol. The van der Waals surface area contributed by atoms with Gasteiger partial charge in [-0.3, -0.25) is 0 Å². The van der Waals surface area contributed by atoms with Gasteiger partial charge in [-0.25, -0.2) is 0 Å². The zero-order chi connectivity index (χ0) is 13.5. The molecule has 0 spiro atoms. The third kappa shape index (κ3) is 3.66.